The fraction of sp³-hybridized carbons (Fsp3) is 0.182. The van der Waals surface area contributed by atoms with E-state index < -0.39 is 12.0 Å². The monoisotopic (exact) mass is 264 g/mol. The fourth-order valence-corrected chi connectivity index (χ4v) is 1.49. The van der Waals surface area contributed by atoms with Gasteiger partial charge in [-0.05, 0) is 18.2 Å². The second kappa shape index (κ2) is 5.25. The number of hydrogen-bond donors (Lipinski definition) is 4. The van der Waals surface area contributed by atoms with Crippen molar-refractivity contribution in [3.63, 3.8) is 0 Å². The van der Waals surface area contributed by atoms with E-state index in [1.807, 2.05) is 0 Å². The number of nitrogens with two attached hydrogens (primary N) is 1. The maximum absolute atomic E-state index is 10.8. The number of aromatic carboxylic acids is 1. The second-order valence-corrected chi connectivity index (χ2v) is 3.72. The lowest BCUT2D eigenvalue weighted by Crippen LogP contribution is -2.33. The van der Waals surface area contributed by atoms with Gasteiger partial charge in [0, 0.05) is 13.1 Å². The van der Waals surface area contributed by atoms with Crippen LogP contribution in [0, 0.1) is 0 Å². The lowest BCUT2D eigenvalue weighted by Gasteiger charge is -2.01. The molecule has 0 atom stereocenters. The molecule has 0 aliphatic rings. The van der Waals surface area contributed by atoms with Gasteiger partial charge in [0.2, 0.25) is 0 Å². The summed E-state index contributed by atoms with van der Waals surface area (Å²) in [6.07, 6.45) is 0. The van der Waals surface area contributed by atoms with Gasteiger partial charge in [0.05, 0.1) is 5.56 Å². The van der Waals surface area contributed by atoms with Crippen molar-refractivity contribution in [2.75, 3.05) is 18.4 Å². The molecule has 8 heteroatoms. The zero-order valence-electron chi connectivity index (χ0n) is 9.84. The minimum atomic E-state index is -1.03. The SMILES string of the molecule is NC(=O)NCCNc1nc2ccc(C(=O)O)cc2o1. The molecule has 0 unspecified atom stereocenters. The average Bonchev–Trinajstić information content (AvgIpc) is 2.75. The highest BCUT2D eigenvalue weighted by atomic mass is 16.4. The third-order valence-corrected chi connectivity index (χ3v) is 2.34. The van der Waals surface area contributed by atoms with E-state index in [-0.39, 0.29) is 11.6 Å². The third-order valence-electron chi connectivity index (χ3n) is 2.34. The average molecular weight is 264 g/mol. The smallest absolute Gasteiger partial charge is 0.335 e. The molecule has 0 bridgehead atoms. The number of carboxylic acids is 1. The van der Waals surface area contributed by atoms with Crippen molar-refractivity contribution < 1.29 is 19.1 Å². The molecular weight excluding hydrogens is 252 g/mol. The molecular formula is C11H12N4O4. The number of hydrogen-bond acceptors (Lipinski definition) is 5. The number of oxazole rings is 1. The molecule has 19 heavy (non-hydrogen) atoms. The predicted octanol–water partition coefficient (Wildman–Crippen LogP) is 0.606. The van der Waals surface area contributed by atoms with Crippen LogP contribution in [-0.2, 0) is 0 Å². The fourth-order valence-electron chi connectivity index (χ4n) is 1.49. The molecule has 2 amide bonds. The minimum absolute atomic E-state index is 0.130. The number of nitrogens with one attached hydrogen (secondary N) is 2. The van der Waals surface area contributed by atoms with E-state index in [4.69, 9.17) is 15.3 Å². The molecule has 1 heterocycles. The Bertz CT molecular complexity index is 622. The minimum Gasteiger partial charge on any atom is -0.478 e. The highest BCUT2D eigenvalue weighted by molar-refractivity contribution is 5.92. The Morgan fingerprint density at radius 2 is 2.16 bits per heavy atom. The lowest BCUT2D eigenvalue weighted by atomic mass is 10.2. The number of amides is 2. The summed E-state index contributed by atoms with van der Waals surface area (Å²) in [5.74, 6) is -1.03. The zero-order valence-corrected chi connectivity index (χ0v) is 9.84. The predicted molar refractivity (Wildman–Crippen MR) is 67.0 cm³/mol. The van der Waals surface area contributed by atoms with Crippen LogP contribution in [0.5, 0.6) is 0 Å². The molecule has 8 nitrogen and oxygen atoms in total. The Labute approximate surface area is 107 Å². The summed E-state index contributed by atoms with van der Waals surface area (Å²) in [5, 5.41) is 14.1. The van der Waals surface area contributed by atoms with E-state index >= 15 is 0 Å². The summed E-state index contributed by atoms with van der Waals surface area (Å²) >= 11 is 0. The van der Waals surface area contributed by atoms with Crippen molar-refractivity contribution in [3.8, 4) is 0 Å². The summed E-state index contributed by atoms with van der Waals surface area (Å²) in [5.41, 5.74) is 5.97. The van der Waals surface area contributed by atoms with Gasteiger partial charge in [-0.25, -0.2) is 9.59 Å². The van der Waals surface area contributed by atoms with Crippen molar-refractivity contribution in [1.82, 2.24) is 10.3 Å². The first-order valence-corrected chi connectivity index (χ1v) is 5.47. The van der Waals surface area contributed by atoms with Gasteiger partial charge in [-0.2, -0.15) is 4.98 Å². The van der Waals surface area contributed by atoms with Crippen LogP contribution in [0.3, 0.4) is 0 Å². The van der Waals surface area contributed by atoms with E-state index in [9.17, 15) is 9.59 Å². The van der Waals surface area contributed by atoms with Crippen molar-refractivity contribution in [3.05, 3.63) is 23.8 Å². The molecule has 100 valence electrons. The summed E-state index contributed by atoms with van der Waals surface area (Å²) in [4.78, 5) is 25.4. The maximum atomic E-state index is 10.8. The van der Waals surface area contributed by atoms with Crippen LogP contribution in [0.2, 0.25) is 0 Å². The topological polar surface area (TPSA) is 130 Å². The van der Waals surface area contributed by atoms with Gasteiger partial charge in [0.15, 0.2) is 5.58 Å². The lowest BCUT2D eigenvalue weighted by molar-refractivity contribution is 0.0697. The number of primary amides is 1. The summed E-state index contributed by atoms with van der Waals surface area (Å²) in [6.45, 7) is 0.718. The zero-order chi connectivity index (χ0) is 13.8. The largest absolute Gasteiger partial charge is 0.478 e. The van der Waals surface area contributed by atoms with E-state index in [2.05, 4.69) is 15.6 Å². The van der Waals surface area contributed by atoms with Crippen LogP contribution >= 0.6 is 0 Å². The Morgan fingerprint density at radius 3 is 2.84 bits per heavy atom. The van der Waals surface area contributed by atoms with Crippen LogP contribution in [0.4, 0.5) is 10.8 Å². The van der Waals surface area contributed by atoms with Crippen LogP contribution in [0.25, 0.3) is 11.1 Å². The Hall–Kier alpha value is -2.77. The van der Waals surface area contributed by atoms with Gasteiger partial charge < -0.3 is 25.9 Å². The van der Waals surface area contributed by atoms with Gasteiger partial charge in [0.25, 0.3) is 6.01 Å². The molecule has 0 saturated heterocycles. The van der Waals surface area contributed by atoms with Crippen molar-refractivity contribution in [1.29, 1.82) is 0 Å². The van der Waals surface area contributed by atoms with Crippen LogP contribution in [-0.4, -0.2) is 35.2 Å². The number of fused-ring (bicyclic) bond motifs is 1. The van der Waals surface area contributed by atoms with Crippen molar-refractivity contribution >= 4 is 29.1 Å². The molecule has 1 aromatic carbocycles. The van der Waals surface area contributed by atoms with E-state index in [1.54, 1.807) is 6.07 Å². The molecule has 1 aromatic heterocycles. The number of aromatic nitrogens is 1. The van der Waals surface area contributed by atoms with E-state index in [0.717, 1.165) is 0 Å². The van der Waals surface area contributed by atoms with Crippen LogP contribution in [0.15, 0.2) is 22.6 Å². The quantitative estimate of drug-likeness (QED) is 0.585. The van der Waals surface area contributed by atoms with E-state index in [0.29, 0.717) is 24.2 Å². The summed E-state index contributed by atoms with van der Waals surface area (Å²) in [6, 6.07) is 4.06. The standard InChI is InChI=1S/C11H12N4O4/c12-10(18)13-3-4-14-11-15-7-2-1-6(9(16)17)5-8(7)19-11/h1-2,5H,3-4H2,(H,14,15)(H,16,17)(H3,12,13,18). The second-order valence-electron chi connectivity index (χ2n) is 3.72. The molecule has 0 spiro atoms. The Morgan fingerprint density at radius 1 is 1.37 bits per heavy atom. The number of rotatable bonds is 5. The van der Waals surface area contributed by atoms with Crippen molar-refractivity contribution in [2.24, 2.45) is 5.73 Å². The summed E-state index contributed by atoms with van der Waals surface area (Å²) in [7, 11) is 0. The normalized spacial score (nSPS) is 10.3. The van der Waals surface area contributed by atoms with Crippen LogP contribution in [0.1, 0.15) is 10.4 Å². The molecule has 0 aliphatic heterocycles. The number of carboxylic acid groups (broad SMARTS) is 1. The van der Waals surface area contributed by atoms with Gasteiger partial charge in [-0.15, -0.1) is 0 Å². The third kappa shape index (κ3) is 3.12. The van der Waals surface area contributed by atoms with E-state index in [1.165, 1.54) is 12.1 Å². The first-order chi connectivity index (χ1) is 9.06. The van der Waals surface area contributed by atoms with Gasteiger partial charge in [-0.3, -0.25) is 0 Å². The first kappa shape index (κ1) is 12.7. The molecule has 2 rings (SSSR count). The molecule has 0 saturated carbocycles. The molecule has 0 aliphatic carbocycles. The van der Waals surface area contributed by atoms with Gasteiger partial charge in [0.1, 0.15) is 5.52 Å². The number of benzene rings is 1. The highest BCUT2D eigenvalue weighted by Gasteiger charge is 2.09. The molecule has 5 N–H and O–H groups in total. The molecule has 2 aromatic rings. The van der Waals surface area contributed by atoms with Crippen molar-refractivity contribution in [2.45, 2.75) is 0 Å². The Balaban J connectivity index is 2.04. The van der Waals surface area contributed by atoms with Gasteiger partial charge >= 0.3 is 12.0 Å². The molecule has 0 radical (unpaired) electrons. The number of carbonyl (C=O) groups is 2. The number of carbonyl (C=O) groups excluding carboxylic acids is 1. The number of nitrogens with zero attached hydrogens (tertiary/aromatic N) is 1. The van der Waals surface area contributed by atoms with Gasteiger partial charge in [-0.1, -0.05) is 0 Å². The number of anilines is 1. The molecule has 0 fully saturated rings. The van der Waals surface area contributed by atoms with Crippen LogP contribution < -0.4 is 16.4 Å². The highest BCUT2D eigenvalue weighted by Crippen LogP contribution is 2.20. The maximum Gasteiger partial charge on any atom is 0.335 e. The summed E-state index contributed by atoms with van der Waals surface area (Å²) < 4.78 is 5.34. The number of urea groups is 1. The Kier molecular flexibility index (Phi) is 3.51. The first-order valence-electron chi connectivity index (χ1n) is 5.47.